The molecule has 1 aromatic heterocycles. The maximum Gasteiger partial charge on any atom is 0.491 e. The highest BCUT2D eigenvalue weighted by atomic mass is 19.4. The molecular formula is C28H27F9N4O7. The van der Waals surface area contributed by atoms with Crippen LogP contribution in [-0.2, 0) is 41.6 Å². The molecule has 264 valence electrons. The van der Waals surface area contributed by atoms with Crippen LogP contribution in [0.5, 0.6) is 5.88 Å². The highest BCUT2D eigenvalue weighted by molar-refractivity contribution is 5.79. The van der Waals surface area contributed by atoms with Crippen molar-refractivity contribution in [3.8, 4) is 5.88 Å². The lowest BCUT2D eigenvalue weighted by Crippen LogP contribution is -2.63. The predicted octanol–water partition coefficient (Wildman–Crippen LogP) is 4.00. The average molecular weight is 703 g/mol. The summed E-state index contributed by atoms with van der Waals surface area (Å²) in [6, 6.07) is 12.5. The van der Waals surface area contributed by atoms with Gasteiger partial charge in [0.2, 0.25) is 5.88 Å². The van der Waals surface area contributed by atoms with Crippen LogP contribution in [0.2, 0.25) is 0 Å². The molecule has 1 saturated heterocycles. The number of fused-ring (bicyclic) bond motifs is 1. The van der Waals surface area contributed by atoms with E-state index in [4.69, 9.17) is 4.74 Å². The number of carbonyl (C=O) groups is 3. The van der Waals surface area contributed by atoms with E-state index >= 15 is 0 Å². The number of pyridine rings is 1. The van der Waals surface area contributed by atoms with Crippen LogP contribution in [0.15, 0.2) is 42.5 Å². The number of aromatic nitrogens is 1. The van der Waals surface area contributed by atoms with Crippen LogP contribution in [0.25, 0.3) is 0 Å². The van der Waals surface area contributed by atoms with E-state index in [0.29, 0.717) is 26.2 Å². The van der Waals surface area contributed by atoms with Crippen LogP contribution in [0, 0.1) is 0 Å². The molecule has 0 spiro atoms. The van der Waals surface area contributed by atoms with E-state index < -0.39 is 61.1 Å². The van der Waals surface area contributed by atoms with Crippen LogP contribution in [0.4, 0.5) is 45.3 Å². The number of aryl methyl sites for hydroxylation is 1. The van der Waals surface area contributed by atoms with Crippen molar-refractivity contribution in [1.29, 1.82) is 0 Å². The van der Waals surface area contributed by atoms with Gasteiger partial charge in [-0.05, 0) is 43.5 Å². The van der Waals surface area contributed by atoms with Crippen molar-refractivity contribution in [1.82, 2.24) is 15.2 Å². The van der Waals surface area contributed by atoms with Crippen LogP contribution < -0.4 is 15.0 Å². The minimum Gasteiger partial charge on any atom is -0.427 e. The monoisotopic (exact) mass is 702 g/mol. The minimum atomic E-state index is -6.01. The van der Waals surface area contributed by atoms with Crippen LogP contribution in [0.1, 0.15) is 24.0 Å². The molecule has 2 aromatic rings. The number of halogens is 9. The molecule has 0 bridgehead atoms. The fourth-order valence-electron chi connectivity index (χ4n) is 4.72. The van der Waals surface area contributed by atoms with Crippen molar-refractivity contribution < 1.29 is 72.8 Å². The van der Waals surface area contributed by atoms with Crippen LogP contribution in [-0.4, -0.2) is 91.2 Å². The van der Waals surface area contributed by atoms with Gasteiger partial charge in [-0.1, -0.05) is 30.3 Å². The number of nitrogens with zero attached hydrogens (tertiary/aromatic N) is 3. The van der Waals surface area contributed by atoms with Crippen molar-refractivity contribution in [2.24, 2.45) is 0 Å². The fourth-order valence-corrected chi connectivity index (χ4v) is 4.72. The average Bonchev–Trinajstić information content (AvgIpc) is 3.14. The van der Waals surface area contributed by atoms with Crippen LogP contribution in [0.3, 0.4) is 0 Å². The van der Waals surface area contributed by atoms with E-state index in [1.165, 1.54) is 17.7 Å². The van der Waals surface area contributed by atoms with Gasteiger partial charge in [0.25, 0.3) is 6.23 Å². The Hall–Kier alpha value is -4.33. The first-order valence-corrected chi connectivity index (χ1v) is 14.2. The molecule has 1 aromatic carbocycles. The predicted molar refractivity (Wildman–Crippen MR) is 143 cm³/mol. The maximum absolute atomic E-state index is 13.2. The summed E-state index contributed by atoms with van der Waals surface area (Å²) < 4.78 is 135. The lowest BCUT2D eigenvalue weighted by Gasteiger charge is -2.36. The van der Waals surface area contributed by atoms with E-state index in [1.807, 2.05) is 35.6 Å². The molecule has 2 aliphatic heterocycles. The number of piperazine rings is 1. The SMILES string of the molecule is O=C(OC1NCc2ccc(N3CCN(CCCCc4ccccc4)CC3)nc2OC1(OC(=O)C(F)(F)F)OC(=O)C(F)(F)F)C(F)(F)F. The van der Waals surface area contributed by atoms with E-state index in [1.54, 1.807) is 4.90 Å². The van der Waals surface area contributed by atoms with Gasteiger partial charge in [0.05, 0.1) is 0 Å². The standard InChI is InChI=1S/C28H27F9N4O7/c29-25(30,31)22(42)45-21-28(47-23(43)26(32,33)34,48-24(44)27(35,36)37)46-20-18(16-38-21)9-10-19(39-20)41-14-12-40(13-15-41)11-5-4-8-17-6-2-1-3-7-17/h1-3,6-7,9-10,21,38H,4-5,8,11-16H2. The Morgan fingerprint density at radius 3 is 1.96 bits per heavy atom. The number of carbonyl (C=O) groups excluding carboxylic acids is 3. The zero-order chi connectivity index (χ0) is 35.3. The molecule has 0 saturated carbocycles. The molecule has 0 aliphatic carbocycles. The smallest absolute Gasteiger partial charge is 0.427 e. The van der Waals surface area contributed by atoms with Crippen molar-refractivity contribution >= 4 is 23.7 Å². The summed E-state index contributed by atoms with van der Waals surface area (Å²) in [4.78, 5) is 43.1. The Balaban J connectivity index is 1.56. The fraction of sp³-hybridized carbons (Fsp3) is 0.500. The van der Waals surface area contributed by atoms with Crippen molar-refractivity contribution in [3.63, 3.8) is 0 Å². The number of benzene rings is 1. The molecular weight excluding hydrogens is 675 g/mol. The number of alkyl halides is 9. The second-order valence-corrected chi connectivity index (χ2v) is 10.5. The zero-order valence-corrected chi connectivity index (χ0v) is 24.6. The number of hydrogen-bond acceptors (Lipinski definition) is 11. The molecule has 1 unspecified atom stereocenters. The molecule has 1 fully saturated rings. The molecule has 3 heterocycles. The Bertz CT molecular complexity index is 1420. The van der Waals surface area contributed by atoms with Gasteiger partial charge in [0.15, 0.2) is 0 Å². The number of nitrogens with one attached hydrogen (secondary N) is 1. The van der Waals surface area contributed by atoms with Crippen molar-refractivity contribution in [3.05, 3.63) is 53.6 Å². The second-order valence-electron chi connectivity index (χ2n) is 10.5. The van der Waals surface area contributed by atoms with Gasteiger partial charge < -0.3 is 23.8 Å². The van der Waals surface area contributed by atoms with E-state index in [2.05, 4.69) is 24.1 Å². The first-order valence-electron chi connectivity index (χ1n) is 14.2. The summed E-state index contributed by atoms with van der Waals surface area (Å²) in [5.41, 5.74) is 0.987. The molecule has 2 aliphatic rings. The summed E-state index contributed by atoms with van der Waals surface area (Å²) in [5.74, 6) is -15.2. The van der Waals surface area contributed by atoms with Gasteiger partial charge >= 0.3 is 42.4 Å². The number of hydrogen-bond donors (Lipinski definition) is 1. The topological polar surface area (TPSA) is 120 Å². The third-order valence-corrected chi connectivity index (χ3v) is 7.08. The molecule has 4 rings (SSSR count). The van der Waals surface area contributed by atoms with Gasteiger partial charge in [-0.25, -0.2) is 14.4 Å². The van der Waals surface area contributed by atoms with E-state index in [0.717, 1.165) is 25.8 Å². The lowest BCUT2D eigenvalue weighted by molar-refractivity contribution is -0.370. The number of rotatable bonds is 9. The molecule has 48 heavy (non-hydrogen) atoms. The van der Waals surface area contributed by atoms with Gasteiger partial charge in [-0.3, -0.25) is 10.2 Å². The zero-order valence-electron chi connectivity index (χ0n) is 24.6. The third-order valence-electron chi connectivity index (χ3n) is 7.08. The first-order chi connectivity index (χ1) is 22.4. The number of anilines is 1. The Morgan fingerprint density at radius 2 is 1.40 bits per heavy atom. The van der Waals surface area contributed by atoms with Crippen molar-refractivity contribution in [2.45, 2.75) is 56.5 Å². The molecule has 1 N–H and O–H groups in total. The summed E-state index contributed by atoms with van der Waals surface area (Å²) >= 11 is 0. The van der Waals surface area contributed by atoms with Gasteiger partial charge in [0.1, 0.15) is 5.82 Å². The summed E-state index contributed by atoms with van der Waals surface area (Å²) in [6.07, 6.45) is -18.3. The van der Waals surface area contributed by atoms with E-state index in [-0.39, 0.29) is 11.4 Å². The van der Waals surface area contributed by atoms with E-state index in [9.17, 15) is 53.9 Å². The Morgan fingerprint density at radius 1 is 0.812 bits per heavy atom. The van der Waals surface area contributed by atoms with Gasteiger partial charge in [-0.15, -0.1) is 0 Å². The lowest BCUT2D eigenvalue weighted by atomic mass is 10.1. The van der Waals surface area contributed by atoms with Crippen LogP contribution >= 0.6 is 0 Å². The van der Waals surface area contributed by atoms with Gasteiger partial charge in [0, 0.05) is 38.3 Å². The molecule has 0 radical (unpaired) electrons. The maximum atomic E-state index is 13.2. The Kier molecular flexibility index (Phi) is 11.0. The van der Waals surface area contributed by atoms with Gasteiger partial charge in [-0.2, -0.15) is 44.5 Å². The molecule has 1 atom stereocenters. The van der Waals surface area contributed by atoms with Crippen molar-refractivity contribution in [2.75, 3.05) is 37.6 Å². The summed E-state index contributed by atoms with van der Waals surface area (Å²) in [5, 5.41) is 1.87. The number of unbranched alkanes of at least 4 members (excludes halogenated alkanes) is 1. The number of esters is 3. The largest absolute Gasteiger partial charge is 0.491 e. The first kappa shape index (κ1) is 36.5. The summed E-state index contributed by atoms with van der Waals surface area (Å²) in [6.45, 7) is 1.78. The highest BCUT2D eigenvalue weighted by Gasteiger charge is 2.62. The highest BCUT2D eigenvalue weighted by Crippen LogP contribution is 2.36. The molecule has 11 nitrogen and oxygen atoms in total. The molecule has 20 heteroatoms. The summed E-state index contributed by atoms with van der Waals surface area (Å²) in [7, 11) is 0. The normalized spacial score (nSPS) is 18.6. The molecule has 0 amide bonds. The second kappa shape index (κ2) is 14.4. The Labute approximate surface area is 265 Å². The third kappa shape index (κ3) is 9.39. The quantitative estimate of drug-likeness (QED) is 0.177. The minimum absolute atomic E-state index is 0.0569. The number of ether oxygens (including phenoxy) is 4.